The van der Waals surface area contributed by atoms with Crippen LogP contribution >= 0.6 is 0 Å². The van der Waals surface area contributed by atoms with Gasteiger partial charge in [0.1, 0.15) is 11.8 Å². The number of morpholine rings is 1. The second kappa shape index (κ2) is 6.72. The highest BCUT2D eigenvalue weighted by atomic mass is 19.4. The second-order valence-electron chi connectivity index (χ2n) is 6.36. The molecule has 1 aromatic rings. The average molecular weight is 346 g/mol. The molecule has 6 nitrogen and oxygen atoms in total. The van der Waals surface area contributed by atoms with Crippen LogP contribution in [0.3, 0.4) is 0 Å². The van der Waals surface area contributed by atoms with Crippen molar-refractivity contribution < 1.29 is 22.7 Å². The lowest BCUT2D eigenvalue weighted by atomic mass is 10.0. The highest BCUT2D eigenvalue weighted by molar-refractivity contribution is 5.81. The largest absolute Gasteiger partial charge is 0.433 e. The van der Waals surface area contributed by atoms with E-state index >= 15 is 0 Å². The van der Waals surface area contributed by atoms with Gasteiger partial charge in [-0.3, -0.25) is 9.48 Å². The van der Waals surface area contributed by atoms with Gasteiger partial charge in [-0.15, -0.1) is 0 Å². The molecule has 0 saturated carbocycles. The molecule has 0 aromatic carbocycles. The molecule has 1 amide bonds. The van der Waals surface area contributed by atoms with Gasteiger partial charge >= 0.3 is 6.18 Å². The summed E-state index contributed by atoms with van der Waals surface area (Å²) in [5, 5.41) is 3.84. The Morgan fingerprint density at radius 3 is 2.83 bits per heavy atom. The van der Waals surface area contributed by atoms with Gasteiger partial charge in [0.05, 0.1) is 12.6 Å². The van der Waals surface area contributed by atoms with Gasteiger partial charge in [-0.1, -0.05) is 0 Å². The number of nitrogens with zero attached hydrogens (tertiary/aromatic N) is 4. The Bertz CT molecular complexity index is 590. The van der Waals surface area contributed by atoms with Crippen LogP contribution in [-0.2, 0) is 15.7 Å². The quantitative estimate of drug-likeness (QED) is 0.812. The van der Waals surface area contributed by atoms with Crippen LogP contribution in [0.1, 0.15) is 24.6 Å². The summed E-state index contributed by atoms with van der Waals surface area (Å²) in [5.41, 5.74) is -0.768. The highest BCUT2D eigenvalue weighted by Gasteiger charge is 2.38. The number of hydrogen-bond donors (Lipinski definition) is 0. The third-order valence-electron chi connectivity index (χ3n) is 4.56. The van der Waals surface area contributed by atoms with E-state index in [1.54, 1.807) is 4.90 Å². The van der Waals surface area contributed by atoms with Crippen molar-refractivity contribution in [2.45, 2.75) is 31.2 Å². The minimum atomic E-state index is -4.45. The number of carbonyl (C=O) groups is 1. The van der Waals surface area contributed by atoms with Crippen molar-refractivity contribution in [3.63, 3.8) is 0 Å². The normalized spacial score (nSPS) is 26.6. The number of rotatable bonds is 2. The Hall–Kier alpha value is -1.61. The van der Waals surface area contributed by atoms with Gasteiger partial charge in [-0.05, 0) is 26.0 Å². The van der Waals surface area contributed by atoms with Gasteiger partial charge < -0.3 is 14.5 Å². The van der Waals surface area contributed by atoms with Gasteiger partial charge in [0.2, 0.25) is 0 Å². The molecule has 1 aromatic heterocycles. The molecule has 0 N–H and O–H groups in total. The van der Waals surface area contributed by atoms with Crippen LogP contribution in [0.15, 0.2) is 12.3 Å². The molecule has 2 atom stereocenters. The summed E-state index contributed by atoms with van der Waals surface area (Å²) < 4.78 is 45.7. The molecule has 24 heavy (non-hydrogen) atoms. The topological polar surface area (TPSA) is 50.6 Å². The SMILES string of the molecule is CN1CCO[C@@H](C(=O)N2CCC[C@@H](n3nccc3C(F)(F)F)C2)C1. The molecule has 2 saturated heterocycles. The predicted molar refractivity (Wildman–Crippen MR) is 79.3 cm³/mol. The van der Waals surface area contributed by atoms with Crippen molar-refractivity contribution >= 4 is 5.91 Å². The summed E-state index contributed by atoms with van der Waals surface area (Å²) in [4.78, 5) is 16.2. The molecule has 0 spiro atoms. The van der Waals surface area contributed by atoms with Crippen LogP contribution in [0.5, 0.6) is 0 Å². The Balaban J connectivity index is 1.71. The molecular formula is C15H21F3N4O2. The summed E-state index contributed by atoms with van der Waals surface area (Å²) in [6.07, 6.45) is -2.61. The number of ether oxygens (including phenoxy) is 1. The van der Waals surface area contributed by atoms with Gasteiger partial charge in [0, 0.05) is 32.4 Å². The van der Waals surface area contributed by atoms with Crippen LogP contribution in [0, 0.1) is 0 Å². The molecule has 0 bridgehead atoms. The maximum Gasteiger partial charge on any atom is 0.433 e. The lowest BCUT2D eigenvalue weighted by Gasteiger charge is -2.37. The molecule has 0 unspecified atom stereocenters. The fraction of sp³-hybridized carbons (Fsp3) is 0.733. The van der Waals surface area contributed by atoms with Crippen molar-refractivity contribution in [1.82, 2.24) is 19.6 Å². The number of piperidine rings is 1. The number of hydrogen-bond acceptors (Lipinski definition) is 4. The van der Waals surface area contributed by atoms with E-state index in [-0.39, 0.29) is 12.5 Å². The van der Waals surface area contributed by atoms with Crippen LogP contribution in [0.4, 0.5) is 13.2 Å². The molecule has 134 valence electrons. The van der Waals surface area contributed by atoms with Crippen LogP contribution in [-0.4, -0.2) is 71.4 Å². The Morgan fingerprint density at radius 1 is 1.33 bits per heavy atom. The van der Waals surface area contributed by atoms with E-state index in [1.807, 2.05) is 11.9 Å². The zero-order chi connectivity index (χ0) is 17.3. The van der Waals surface area contributed by atoms with E-state index in [4.69, 9.17) is 4.74 Å². The first-order chi connectivity index (χ1) is 11.4. The van der Waals surface area contributed by atoms with Crippen LogP contribution in [0.25, 0.3) is 0 Å². The van der Waals surface area contributed by atoms with Gasteiger partial charge in [-0.2, -0.15) is 18.3 Å². The Morgan fingerprint density at radius 2 is 2.12 bits per heavy atom. The molecule has 3 heterocycles. The number of aromatic nitrogens is 2. The third-order valence-corrected chi connectivity index (χ3v) is 4.56. The standard InChI is InChI=1S/C15H21F3N4O2/c1-20-7-8-24-12(10-20)14(23)21-6-2-3-11(9-21)22-13(4-5-19-22)15(16,17)18/h4-5,11-12H,2-3,6-10H2,1H3/t11-,12-/m1/s1. The monoisotopic (exact) mass is 346 g/mol. The lowest BCUT2D eigenvalue weighted by Crippen LogP contribution is -2.52. The van der Waals surface area contributed by atoms with Crippen LogP contribution < -0.4 is 0 Å². The minimum absolute atomic E-state index is 0.146. The van der Waals surface area contributed by atoms with Crippen molar-refractivity contribution in [2.75, 3.05) is 39.8 Å². The van der Waals surface area contributed by atoms with Crippen molar-refractivity contribution in [3.05, 3.63) is 18.0 Å². The lowest BCUT2D eigenvalue weighted by molar-refractivity contribution is -0.151. The maximum absolute atomic E-state index is 13.1. The van der Waals surface area contributed by atoms with Gasteiger partial charge in [0.25, 0.3) is 5.91 Å². The summed E-state index contributed by atoms with van der Waals surface area (Å²) in [6.45, 7) is 2.54. The van der Waals surface area contributed by atoms with E-state index in [2.05, 4.69) is 5.10 Å². The number of halogens is 3. The molecule has 0 aliphatic carbocycles. The molecule has 2 aliphatic rings. The smallest absolute Gasteiger partial charge is 0.366 e. The van der Waals surface area contributed by atoms with E-state index in [0.717, 1.165) is 23.5 Å². The third kappa shape index (κ3) is 3.56. The summed E-state index contributed by atoms with van der Waals surface area (Å²) in [6, 6.07) is 0.510. The first-order valence-corrected chi connectivity index (χ1v) is 8.06. The van der Waals surface area contributed by atoms with Gasteiger partial charge in [0.15, 0.2) is 0 Å². The second-order valence-corrected chi connectivity index (χ2v) is 6.36. The number of carbonyl (C=O) groups excluding carboxylic acids is 1. The molecular weight excluding hydrogens is 325 g/mol. The first-order valence-electron chi connectivity index (χ1n) is 8.06. The Labute approximate surface area is 138 Å². The fourth-order valence-electron chi connectivity index (χ4n) is 3.32. The highest BCUT2D eigenvalue weighted by Crippen LogP contribution is 2.33. The van der Waals surface area contributed by atoms with Crippen LogP contribution in [0.2, 0.25) is 0 Å². The van der Waals surface area contributed by atoms with E-state index < -0.39 is 24.0 Å². The predicted octanol–water partition coefficient (Wildman–Crippen LogP) is 1.40. The summed E-state index contributed by atoms with van der Waals surface area (Å²) in [7, 11) is 1.92. The van der Waals surface area contributed by atoms with E-state index in [1.165, 1.54) is 0 Å². The zero-order valence-electron chi connectivity index (χ0n) is 13.5. The maximum atomic E-state index is 13.1. The average Bonchev–Trinajstić information content (AvgIpc) is 3.04. The number of likely N-dealkylation sites (tertiary alicyclic amines) is 1. The number of alkyl halides is 3. The molecule has 9 heteroatoms. The molecule has 2 fully saturated rings. The zero-order valence-corrected chi connectivity index (χ0v) is 13.5. The van der Waals surface area contributed by atoms with E-state index in [9.17, 15) is 18.0 Å². The van der Waals surface area contributed by atoms with Crippen molar-refractivity contribution in [1.29, 1.82) is 0 Å². The van der Waals surface area contributed by atoms with Crippen molar-refractivity contribution in [2.24, 2.45) is 0 Å². The fourth-order valence-corrected chi connectivity index (χ4v) is 3.32. The minimum Gasteiger partial charge on any atom is -0.366 e. The van der Waals surface area contributed by atoms with Gasteiger partial charge in [-0.25, -0.2) is 0 Å². The van der Waals surface area contributed by atoms with Crippen molar-refractivity contribution in [3.8, 4) is 0 Å². The number of likely N-dealkylation sites (N-methyl/N-ethyl adjacent to an activating group) is 1. The molecule has 2 aliphatic heterocycles. The first kappa shape index (κ1) is 17.2. The molecule has 0 radical (unpaired) electrons. The Kier molecular flexibility index (Phi) is 4.82. The summed E-state index contributed by atoms with van der Waals surface area (Å²) >= 11 is 0. The molecule has 3 rings (SSSR count). The number of amides is 1. The summed E-state index contributed by atoms with van der Waals surface area (Å²) in [5.74, 6) is -0.146. The van der Waals surface area contributed by atoms with E-state index in [0.29, 0.717) is 32.5 Å².